The first-order valence-electron chi connectivity index (χ1n) is 9.13. The minimum Gasteiger partial charge on any atom is -0.497 e. The summed E-state index contributed by atoms with van der Waals surface area (Å²) in [5, 5.41) is 3.18. The minimum absolute atomic E-state index is 0.265. The number of carbonyl (C=O) groups excluding carboxylic acids is 1. The molecule has 9 heteroatoms. The van der Waals surface area contributed by atoms with Crippen molar-refractivity contribution in [2.24, 2.45) is 0 Å². The van der Waals surface area contributed by atoms with Crippen molar-refractivity contribution in [3.05, 3.63) is 30.5 Å². The largest absolute Gasteiger partial charge is 0.497 e. The van der Waals surface area contributed by atoms with Gasteiger partial charge in [-0.1, -0.05) is 0 Å². The van der Waals surface area contributed by atoms with Gasteiger partial charge in [0, 0.05) is 38.4 Å². The van der Waals surface area contributed by atoms with Crippen LogP contribution in [0.25, 0.3) is 0 Å². The van der Waals surface area contributed by atoms with Crippen molar-refractivity contribution in [2.45, 2.75) is 6.92 Å². The number of nitrogens with one attached hydrogen (secondary N) is 1. The molecule has 0 unspecified atom stereocenters. The topological polar surface area (TPSA) is 89.1 Å². The summed E-state index contributed by atoms with van der Waals surface area (Å²) >= 11 is 0. The van der Waals surface area contributed by atoms with Gasteiger partial charge in [0.2, 0.25) is 5.95 Å². The Hall–Kier alpha value is -3.23. The van der Waals surface area contributed by atoms with E-state index in [9.17, 15) is 4.79 Å². The Morgan fingerprint density at radius 1 is 1.14 bits per heavy atom. The Morgan fingerprint density at radius 3 is 2.61 bits per heavy atom. The Kier molecular flexibility index (Phi) is 6.36. The van der Waals surface area contributed by atoms with Crippen LogP contribution in [0.1, 0.15) is 6.92 Å². The molecule has 0 radical (unpaired) electrons. The van der Waals surface area contributed by atoms with Crippen LogP contribution >= 0.6 is 0 Å². The predicted molar refractivity (Wildman–Crippen MR) is 106 cm³/mol. The monoisotopic (exact) mass is 387 g/mol. The summed E-state index contributed by atoms with van der Waals surface area (Å²) in [6, 6.07) is 7.34. The number of piperazine rings is 1. The molecule has 0 aliphatic carbocycles. The summed E-state index contributed by atoms with van der Waals surface area (Å²) in [5.74, 6) is 2.61. The second-order valence-electron chi connectivity index (χ2n) is 6.10. The highest BCUT2D eigenvalue weighted by atomic mass is 16.6. The fourth-order valence-electron chi connectivity index (χ4n) is 2.94. The smallest absolute Gasteiger partial charge is 0.409 e. The molecule has 3 rings (SSSR count). The lowest BCUT2D eigenvalue weighted by molar-refractivity contribution is 0.105. The number of benzene rings is 1. The lowest BCUT2D eigenvalue weighted by Gasteiger charge is -2.34. The maximum atomic E-state index is 11.8. The highest BCUT2D eigenvalue weighted by Gasteiger charge is 2.23. The van der Waals surface area contributed by atoms with E-state index < -0.39 is 0 Å². The molecule has 150 valence electrons. The van der Waals surface area contributed by atoms with Crippen LogP contribution in [0.2, 0.25) is 0 Å². The van der Waals surface area contributed by atoms with E-state index in [4.69, 9.17) is 14.2 Å². The van der Waals surface area contributed by atoms with E-state index in [1.807, 2.05) is 18.2 Å². The third-order valence-corrected chi connectivity index (χ3v) is 4.43. The third kappa shape index (κ3) is 4.54. The Bertz CT molecular complexity index is 809. The van der Waals surface area contributed by atoms with Gasteiger partial charge >= 0.3 is 6.09 Å². The van der Waals surface area contributed by atoms with Gasteiger partial charge in [-0.3, -0.25) is 0 Å². The Morgan fingerprint density at radius 2 is 1.93 bits per heavy atom. The van der Waals surface area contributed by atoms with Crippen molar-refractivity contribution in [1.82, 2.24) is 14.9 Å². The molecule has 0 bridgehead atoms. The van der Waals surface area contributed by atoms with E-state index in [-0.39, 0.29) is 6.09 Å². The van der Waals surface area contributed by atoms with E-state index in [1.165, 1.54) is 0 Å². The van der Waals surface area contributed by atoms with Crippen molar-refractivity contribution in [3.8, 4) is 11.5 Å². The zero-order valence-corrected chi connectivity index (χ0v) is 16.3. The Labute approximate surface area is 164 Å². The van der Waals surface area contributed by atoms with E-state index in [0.29, 0.717) is 50.2 Å². The number of anilines is 3. The predicted octanol–water partition coefficient (Wildman–Crippen LogP) is 2.52. The number of methoxy groups -OCH3 is 2. The van der Waals surface area contributed by atoms with Crippen LogP contribution in [0.15, 0.2) is 30.5 Å². The molecular weight excluding hydrogens is 362 g/mol. The first-order valence-corrected chi connectivity index (χ1v) is 9.13. The number of nitrogens with zero attached hydrogens (tertiary/aromatic N) is 4. The van der Waals surface area contributed by atoms with E-state index in [1.54, 1.807) is 38.3 Å². The minimum atomic E-state index is -0.265. The van der Waals surface area contributed by atoms with Gasteiger partial charge in [-0.2, -0.15) is 4.98 Å². The molecule has 1 amide bonds. The zero-order valence-electron chi connectivity index (χ0n) is 16.3. The van der Waals surface area contributed by atoms with Crippen LogP contribution in [-0.4, -0.2) is 68.0 Å². The van der Waals surface area contributed by atoms with E-state index in [0.717, 1.165) is 11.5 Å². The lowest BCUT2D eigenvalue weighted by atomic mass is 10.2. The highest BCUT2D eigenvalue weighted by Crippen LogP contribution is 2.31. The molecule has 2 heterocycles. The van der Waals surface area contributed by atoms with Crippen LogP contribution in [0.5, 0.6) is 11.5 Å². The van der Waals surface area contributed by atoms with Gasteiger partial charge in [0.25, 0.3) is 0 Å². The number of hydrogen-bond acceptors (Lipinski definition) is 8. The molecule has 0 atom stereocenters. The number of ether oxygens (including phenoxy) is 3. The van der Waals surface area contributed by atoms with Crippen molar-refractivity contribution in [1.29, 1.82) is 0 Å². The van der Waals surface area contributed by atoms with Gasteiger partial charge in [-0.05, 0) is 25.1 Å². The van der Waals surface area contributed by atoms with Crippen molar-refractivity contribution < 1.29 is 19.0 Å². The quantitative estimate of drug-likeness (QED) is 0.809. The normalized spacial score (nSPS) is 13.8. The molecule has 1 aromatic heterocycles. The van der Waals surface area contributed by atoms with E-state index >= 15 is 0 Å². The van der Waals surface area contributed by atoms with Gasteiger partial charge in [0.15, 0.2) is 0 Å². The molecule has 1 aliphatic rings. The number of rotatable bonds is 6. The first kappa shape index (κ1) is 19.5. The van der Waals surface area contributed by atoms with Crippen LogP contribution in [-0.2, 0) is 4.74 Å². The number of aromatic nitrogens is 2. The first-order chi connectivity index (χ1) is 13.6. The molecule has 0 spiro atoms. The average Bonchev–Trinajstić information content (AvgIpc) is 2.74. The van der Waals surface area contributed by atoms with Gasteiger partial charge < -0.3 is 29.3 Å². The van der Waals surface area contributed by atoms with Crippen molar-refractivity contribution in [2.75, 3.05) is 57.2 Å². The van der Waals surface area contributed by atoms with Crippen molar-refractivity contribution in [3.63, 3.8) is 0 Å². The maximum absolute atomic E-state index is 11.8. The average molecular weight is 387 g/mol. The molecule has 1 N–H and O–H groups in total. The summed E-state index contributed by atoms with van der Waals surface area (Å²) in [4.78, 5) is 24.6. The SMILES string of the molecule is CCOC(=O)N1CCN(c2ccnc(Nc3ccc(OC)cc3OC)n2)CC1. The molecular formula is C19H25N5O4. The summed E-state index contributed by atoms with van der Waals surface area (Å²) < 4.78 is 15.7. The molecule has 1 saturated heterocycles. The molecule has 1 fully saturated rings. The van der Waals surface area contributed by atoms with Gasteiger partial charge in [-0.25, -0.2) is 9.78 Å². The van der Waals surface area contributed by atoms with Gasteiger partial charge in [0.05, 0.1) is 26.5 Å². The zero-order chi connectivity index (χ0) is 19.9. The van der Waals surface area contributed by atoms with Gasteiger partial charge in [0.1, 0.15) is 17.3 Å². The maximum Gasteiger partial charge on any atom is 0.409 e. The van der Waals surface area contributed by atoms with Gasteiger partial charge in [-0.15, -0.1) is 0 Å². The summed E-state index contributed by atoms with van der Waals surface area (Å²) in [6.07, 6.45) is 1.44. The van der Waals surface area contributed by atoms with Crippen LogP contribution in [0.3, 0.4) is 0 Å². The number of carbonyl (C=O) groups is 1. The fraction of sp³-hybridized carbons (Fsp3) is 0.421. The number of amides is 1. The van der Waals surface area contributed by atoms with Crippen molar-refractivity contribution >= 4 is 23.5 Å². The number of hydrogen-bond donors (Lipinski definition) is 1. The summed E-state index contributed by atoms with van der Waals surface area (Å²) in [6.45, 7) is 4.74. The molecule has 9 nitrogen and oxygen atoms in total. The summed E-state index contributed by atoms with van der Waals surface area (Å²) in [7, 11) is 3.20. The van der Waals surface area contributed by atoms with Crippen LogP contribution in [0, 0.1) is 0 Å². The van der Waals surface area contributed by atoms with E-state index in [2.05, 4.69) is 20.2 Å². The second-order valence-corrected chi connectivity index (χ2v) is 6.10. The van der Waals surface area contributed by atoms with Crippen LogP contribution in [0.4, 0.5) is 22.2 Å². The second kappa shape index (κ2) is 9.12. The third-order valence-electron chi connectivity index (χ3n) is 4.43. The lowest BCUT2D eigenvalue weighted by Crippen LogP contribution is -2.49. The molecule has 0 saturated carbocycles. The standard InChI is InChI=1S/C19H25N5O4/c1-4-28-19(25)24-11-9-23(10-12-24)17-7-8-20-18(22-17)21-15-6-5-14(26-2)13-16(15)27-3/h5-8,13H,4,9-12H2,1-3H3,(H,20,21,22). The summed E-state index contributed by atoms with van der Waals surface area (Å²) in [5.41, 5.74) is 0.743. The fourth-order valence-corrected chi connectivity index (χ4v) is 2.94. The molecule has 1 aliphatic heterocycles. The molecule has 1 aromatic carbocycles. The van der Waals surface area contributed by atoms with Crippen LogP contribution < -0.4 is 19.7 Å². The molecule has 2 aromatic rings. The highest BCUT2D eigenvalue weighted by molar-refractivity contribution is 5.68. The Balaban J connectivity index is 1.68. The molecule has 28 heavy (non-hydrogen) atoms.